The summed E-state index contributed by atoms with van der Waals surface area (Å²) in [5.41, 5.74) is 1.95. The summed E-state index contributed by atoms with van der Waals surface area (Å²) >= 11 is 0. The topological polar surface area (TPSA) is 98.6 Å². The predicted octanol–water partition coefficient (Wildman–Crippen LogP) is 3.53. The molecule has 1 unspecified atom stereocenters. The van der Waals surface area contributed by atoms with Gasteiger partial charge in [-0.25, -0.2) is 17.7 Å². The lowest BCUT2D eigenvalue weighted by atomic mass is 10.2. The minimum absolute atomic E-state index is 0.0164. The summed E-state index contributed by atoms with van der Waals surface area (Å²) in [6.07, 6.45) is -0.342. The molecule has 1 atom stereocenters. The number of amides is 2. The quantitative estimate of drug-likeness (QED) is 0.506. The number of carbonyl (C=O) groups is 2. The highest BCUT2D eigenvalue weighted by Gasteiger charge is 2.47. The van der Waals surface area contributed by atoms with Crippen molar-refractivity contribution in [1.29, 1.82) is 5.26 Å². The van der Waals surface area contributed by atoms with Gasteiger partial charge in [-0.05, 0) is 61.0 Å². The van der Waals surface area contributed by atoms with Gasteiger partial charge in [0.15, 0.2) is 0 Å². The van der Waals surface area contributed by atoms with Crippen LogP contribution < -0.4 is 4.90 Å². The van der Waals surface area contributed by atoms with Crippen molar-refractivity contribution in [2.75, 3.05) is 4.90 Å². The second-order valence-corrected chi connectivity index (χ2v) is 9.83. The van der Waals surface area contributed by atoms with E-state index in [0.29, 0.717) is 11.1 Å². The minimum Gasteiger partial charge on any atom is -0.274 e. The molecule has 0 saturated carbocycles. The van der Waals surface area contributed by atoms with E-state index < -0.39 is 33.7 Å². The molecule has 3 aromatic rings. The van der Waals surface area contributed by atoms with Crippen molar-refractivity contribution in [2.24, 2.45) is 0 Å². The molecule has 0 N–H and O–H groups in total. The predicted molar refractivity (Wildman–Crippen MR) is 122 cm³/mol. The van der Waals surface area contributed by atoms with Gasteiger partial charge in [-0.15, -0.1) is 0 Å². The van der Waals surface area contributed by atoms with E-state index in [-0.39, 0.29) is 23.5 Å². The van der Waals surface area contributed by atoms with Gasteiger partial charge in [0, 0.05) is 6.54 Å². The minimum atomic E-state index is -4.19. The summed E-state index contributed by atoms with van der Waals surface area (Å²) in [6, 6.07) is 18.0. The molecule has 9 heteroatoms. The normalized spacial score (nSPS) is 16.2. The Bertz CT molecular complexity index is 1380. The number of benzene rings is 3. The fourth-order valence-corrected chi connectivity index (χ4v) is 5.34. The van der Waals surface area contributed by atoms with E-state index in [4.69, 9.17) is 5.26 Å². The first-order valence-electron chi connectivity index (χ1n) is 10.4. The van der Waals surface area contributed by atoms with Gasteiger partial charge in [-0.1, -0.05) is 29.8 Å². The molecule has 1 fully saturated rings. The molecular formula is C25H20FN3O4S. The molecule has 7 nitrogen and oxygen atoms in total. The molecule has 4 rings (SSSR count). The van der Waals surface area contributed by atoms with Gasteiger partial charge in [0.1, 0.15) is 11.9 Å². The summed E-state index contributed by atoms with van der Waals surface area (Å²) < 4.78 is 41.6. The van der Waals surface area contributed by atoms with E-state index in [2.05, 4.69) is 0 Å². The monoisotopic (exact) mass is 477 g/mol. The van der Waals surface area contributed by atoms with Crippen molar-refractivity contribution in [2.45, 2.75) is 30.8 Å². The standard InChI is InChI=1S/C25H20FN3O4S/c1-17-2-12-22(13-3-17)34(32,33)28(16-19-4-8-20(26)9-5-19)23-14-24(30)29(25(23)31)21-10-6-18(15-27)7-11-21/h2-13,23H,14,16H2,1H3. The number of imide groups is 1. The highest BCUT2D eigenvalue weighted by atomic mass is 32.2. The third-order valence-corrected chi connectivity index (χ3v) is 7.47. The van der Waals surface area contributed by atoms with Crippen LogP contribution in [0.3, 0.4) is 0 Å². The zero-order valence-electron chi connectivity index (χ0n) is 18.2. The Kier molecular flexibility index (Phi) is 6.28. The number of hydrogen-bond donors (Lipinski definition) is 0. The SMILES string of the molecule is Cc1ccc(S(=O)(=O)N(Cc2ccc(F)cc2)C2CC(=O)N(c3ccc(C#N)cc3)C2=O)cc1. The maximum atomic E-state index is 13.6. The molecule has 0 bridgehead atoms. The molecule has 1 heterocycles. The van der Waals surface area contributed by atoms with Crippen molar-refractivity contribution >= 4 is 27.5 Å². The summed E-state index contributed by atoms with van der Waals surface area (Å²) in [6.45, 7) is 1.60. The average Bonchev–Trinajstić information content (AvgIpc) is 3.12. The van der Waals surface area contributed by atoms with Gasteiger partial charge in [0.2, 0.25) is 15.9 Å². The zero-order chi connectivity index (χ0) is 24.5. The summed E-state index contributed by atoms with van der Waals surface area (Å²) in [4.78, 5) is 27.1. The van der Waals surface area contributed by atoms with Crippen molar-refractivity contribution in [3.8, 4) is 6.07 Å². The van der Waals surface area contributed by atoms with Crippen LogP contribution in [0.1, 0.15) is 23.1 Å². The second kappa shape index (κ2) is 9.17. The van der Waals surface area contributed by atoms with Gasteiger partial charge in [-0.2, -0.15) is 9.57 Å². The van der Waals surface area contributed by atoms with E-state index in [9.17, 15) is 22.4 Å². The van der Waals surface area contributed by atoms with Crippen LogP contribution in [0.4, 0.5) is 10.1 Å². The van der Waals surface area contributed by atoms with Gasteiger partial charge in [0.25, 0.3) is 5.91 Å². The number of nitriles is 1. The van der Waals surface area contributed by atoms with Crippen LogP contribution in [-0.4, -0.2) is 30.6 Å². The highest BCUT2D eigenvalue weighted by molar-refractivity contribution is 7.89. The summed E-state index contributed by atoms with van der Waals surface area (Å²) in [7, 11) is -4.19. The molecule has 2 amide bonds. The molecular weight excluding hydrogens is 457 g/mol. The Hall–Kier alpha value is -3.87. The van der Waals surface area contributed by atoms with Crippen LogP contribution in [0.25, 0.3) is 0 Å². The molecule has 34 heavy (non-hydrogen) atoms. The number of sulfonamides is 1. The number of rotatable bonds is 6. The van der Waals surface area contributed by atoms with Crippen molar-refractivity contribution in [3.05, 3.63) is 95.3 Å². The Morgan fingerprint density at radius 3 is 2.21 bits per heavy atom. The van der Waals surface area contributed by atoms with Crippen LogP contribution in [0.15, 0.2) is 77.7 Å². The van der Waals surface area contributed by atoms with Crippen LogP contribution in [0, 0.1) is 24.1 Å². The highest BCUT2D eigenvalue weighted by Crippen LogP contribution is 2.31. The first kappa shape index (κ1) is 23.3. The lowest BCUT2D eigenvalue weighted by Crippen LogP contribution is -2.45. The van der Waals surface area contributed by atoms with Crippen LogP contribution >= 0.6 is 0 Å². The Morgan fingerprint density at radius 1 is 1.00 bits per heavy atom. The maximum Gasteiger partial charge on any atom is 0.252 e. The summed E-state index contributed by atoms with van der Waals surface area (Å²) in [5.74, 6) is -1.72. The number of hydrogen-bond acceptors (Lipinski definition) is 5. The van der Waals surface area contributed by atoms with E-state index in [1.165, 1.54) is 60.7 Å². The smallest absolute Gasteiger partial charge is 0.252 e. The molecule has 1 aliphatic heterocycles. The van der Waals surface area contributed by atoms with Crippen LogP contribution in [-0.2, 0) is 26.2 Å². The maximum absolute atomic E-state index is 13.6. The Morgan fingerprint density at radius 2 is 1.62 bits per heavy atom. The molecule has 1 saturated heterocycles. The molecule has 0 aromatic heterocycles. The number of aryl methyl sites for hydroxylation is 1. The van der Waals surface area contributed by atoms with E-state index in [1.54, 1.807) is 12.1 Å². The average molecular weight is 478 g/mol. The van der Waals surface area contributed by atoms with Crippen LogP contribution in [0.5, 0.6) is 0 Å². The molecule has 3 aromatic carbocycles. The summed E-state index contributed by atoms with van der Waals surface area (Å²) in [5, 5.41) is 8.99. The van der Waals surface area contributed by atoms with Crippen molar-refractivity contribution in [1.82, 2.24) is 4.31 Å². The molecule has 0 aliphatic carbocycles. The third kappa shape index (κ3) is 4.46. The van der Waals surface area contributed by atoms with Gasteiger partial charge < -0.3 is 0 Å². The third-order valence-electron chi connectivity index (χ3n) is 5.60. The molecule has 1 aliphatic rings. The Labute approximate surface area is 196 Å². The Balaban J connectivity index is 1.74. The fourth-order valence-electron chi connectivity index (χ4n) is 3.78. The largest absolute Gasteiger partial charge is 0.274 e. The van der Waals surface area contributed by atoms with Gasteiger partial charge in [0.05, 0.1) is 28.6 Å². The van der Waals surface area contributed by atoms with Gasteiger partial charge >= 0.3 is 0 Å². The molecule has 0 spiro atoms. The second-order valence-electron chi connectivity index (χ2n) is 7.94. The number of anilines is 1. The van der Waals surface area contributed by atoms with Crippen molar-refractivity contribution < 1.29 is 22.4 Å². The number of carbonyl (C=O) groups excluding carboxylic acids is 2. The van der Waals surface area contributed by atoms with Gasteiger partial charge in [-0.3, -0.25) is 9.59 Å². The van der Waals surface area contributed by atoms with E-state index in [1.807, 2.05) is 13.0 Å². The lowest BCUT2D eigenvalue weighted by Gasteiger charge is -2.27. The molecule has 0 radical (unpaired) electrons. The first-order valence-corrected chi connectivity index (χ1v) is 11.8. The molecule has 172 valence electrons. The first-order chi connectivity index (χ1) is 16.2. The van der Waals surface area contributed by atoms with Crippen LogP contribution in [0.2, 0.25) is 0 Å². The number of halogens is 1. The van der Waals surface area contributed by atoms with Crippen molar-refractivity contribution in [3.63, 3.8) is 0 Å². The lowest BCUT2D eigenvalue weighted by molar-refractivity contribution is -0.122. The number of nitrogens with zero attached hydrogens (tertiary/aromatic N) is 3. The van der Waals surface area contributed by atoms with E-state index >= 15 is 0 Å². The fraction of sp³-hybridized carbons (Fsp3) is 0.160. The zero-order valence-corrected chi connectivity index (χ0v) is 19.0. The van der Waals surface area contributed by atoms with E-state index in [0.717, 1.165) is 14.8 Å².